The van der Waals surface area contributed by atoms with Crippen molar-refractivity contribution >= 4 is 39.0 Å². The summed E-state index contributed by atoms with van der Waals surface area (Å²) in [5, 5.41) is 3.08. The van der Waals surface area contributed by atoms with E-state index >= 15 is 0 Å². The number of para-hydroxylation sites is 1. The van der Waals surface area contributed by atoms with Gasteiger partial charge in [0, 0.05) is 29.4 Å². The van der Waals surface area contributed by atoms with Crippen molar-refractivity contribution in [3.05, 3.63) is 80.5 Å². The normalized spacial score (nSPS) is 11.3. The molecular formula is C19H16N4O2S2. The molecule has 0 saturated carbocycles. The predicted octanol–water partition coefficient (Wildman–Crippen LogP) is 3.25. The monoisotopic (exact) mass is 396 g/mol. The fourth-order valence-corrected chi connectivity index (χ4v) is 4.65. The molecule has 0 radical (unpaired) electrons. The highest BCUT2D eigenvalue weighted by Gasteiger charge is 2.12. The Labute approximate surface area is 162 Å². The zero-order valence-corrected chi connectivity index (χ0v) is 16.2. The Bertz CT molecular complexity index is 1290. The number of allylic oxidation sites excluding steroid dienone is 1. The molecule has 3 aromatic heterocycles. The molecule has 8 heteroatoms. The minimum Gasteiger partial charge on any atom is -0.283 e. The average Bonchev–Trinajstić information content (AvgIpc) is 3.04. The smallest absolute Gasteiger partial charge is 0.262 e. The van der Waals surface area contributed by atoms with Crippen LogP contribution >= 0.6 is 23.1 Å². The Morgan fingerprint density at radius 2 is 2.07 bits per heavy atom. The van der Waals surface area contributed by atoms with Gasteiger partial charge in [0.15, 0.2) is 10.1 Å². The molecule has 4 rings (SSSR count). The third-order valence-corrected chi connectivity index (χ3v) is 6.07. The second-order valence-corrected chi connectivity index (χ2v) is 7.76. The Kier molecular flexibility index (Phi) is 4.67. The zero-order chi connectivity index (χ0) is 19.0. The van der Waals surface area contributed by atoms with Gasteiger partial charge in [-0.05, 0) is 19.1 Å². The standard InChI is InChI=1S/C19H16N4O2S2/c1-3-8-22-17(25)14-6-4-5-7-15(14)21-18(22)27-11-13-9-16(24)23-12(2)10-26-19(23)20-13/h3-7,9-10H,1,8,11H2,2H3. The molecule has 0 aliphatic heterocycles. The van der Waals surface area contributed by atoms with Crippen LogP contribution in [0, 0.1) is 6.92 Å². The Hall–Kier alpha value is -2.71. The third-order valence-electron chi connectivity index (χ3n) is 4.12. The van der Waals surface area contributed by atoms with Crippen molar-refractivity contribution in [3.63, 3.8) is 0 Å². The van der Waals surface area contributed by atoms with Gasteiger partial charge in [-0.2, -0.15) is 0 Å². The maximum atomic E-state index is 12.8. The first-order valence-electron chi connectivity index (χ1n) is 8.28. The molecule has 27 heavy (non-hydrogen) atoms. The summed E-state index contributed by atoms with van der Waals surface area (Å²) in [5.74, 6) is 0.449. The van der Waals surface area contributed by atoms with Gasteiger partial charge >= 0.3 is 0 Å². The Morgan fingerprint density at radius 3 is 2.89 bits per heavy atom. The number of rotatable bonds is 5. The van der Waals surface area contributed by atoms with Gasteiger partial charge in [0.1, 0.15) is 0 Å². The van der Waals surface area contributed by atoms with Gasteiger partial charge in [-0.25, -0.2) is 9.97 Å². The van der Waals surface area contributed by atoms with E-state index < -0.39 is 0 Å². The summed E-state index contributed by atoms with van der Waals surface area (Å²) in [4.78, 5) is 35.0. The third kappa shape index (κ3) is 3.22. The van der Waals surface area contributed by atoms with E-state index in [1.165, 1.54) is 29.2 Å². The van der Waals surface area contributed by atoms with Gasteiger partial charge in [0.2, 0.25) is 0 Å². The van der Waals surface area contributed by atoms with E-state index in [2.05, 4.69) is 16.5 Å². The molecule has 1 aromatic carbocycles. The van der Waals surface area contributed by atoms with Crippen LogP contribution in [0.25, 0.3) is 15.9 Å². The SMILES string of the molecule is C=CCn1c(SCc2cc(=O)n3c(C)csc3n2)nc2ccccc2c1=O. The number of hydrogen-bond acceptors (Lipinski definition) is 6. The quantitative estimate of drug-likeness (QED) is 0.294. The molecule has 0 aliphatic rings. The van der Waals surface area contributed by atoms with Crippen LogP contribution in [0.2, 0.25) is 0 Å². The molecule has 0 N–H and O–H groups in total. The van der Waals surface area contributed by atoms with Gasteiger partial charge in [0.05, 0.1) is 16.6 Å². The van der Waals surface area contributed by atoms with Crippen LogP contribution in [0.1, 0.15) is 11.4 Å². The van der Waals surface area contributed by atoms with Crippen LogP contribution in [0.3, 0.4) is 0 Å². The van der Waals surface area contributed by atoms with Crippen LogP contribution in [0.15, 0.2) is 63.1 Å². The van der Waals surface area contributed by atoms with Gasteiger partial charge in [-0.15, -0.1) is 17.9 Å². The van der Waals surface area contributed by atoms with Crippen LogP contribution < -0.4 is 11.1 Å². The lowest BCUT2D eigenvalue weighted by atomic mass is 10.2. The summed E-state index contributed by atoms with van der Waals surface area (Å²) in [7, 11) is 0. The lowest BCUT2D eigenvalue weighted by Gasteiger charge is -2.11. The molecule has 0 amide bonds. The summed E-state index contributed by atoms with van der Waals surface area (Å²) in [6.45, 7) is 5.99. The van der Waals surface area contributed by atoms with E-state index in [0.29, 0.717) is 39.0 Å². The Morgan fingerprint density at radius 1 is 1.26 bits per heavy atom. The molecule has 0 fully saturated rings. The number of fused-ring (bicyclic) bond motifs is 2. The number of thiazole rings is 1. The first-order valence-corrected chi connectivity index (χ1v) is 10.1. The maximum absolute atomic E-state index is 12.8. The highest BCUT2D eigenvalue weighted by Crippen LogP contribution is 2.22. The second kappa shape index (κ2) is 7.13. The summed E-state index contributed by atoms with van der Waals surface area (Å²) in [5.41, 5.74) is 2.01. The molecule has 4 aromatic rings. The van der Waals surface area contributed by atoms with Crippen molar-refractivity contribution in [3.8, 4) is 0 Å². The average molecular weight is 396 g/mol. The maximum Gasteiger partial charge on any atom is 0.262 e. The summed E-state index contributed by atoms with van der Waals surface area (Å²) >= 11 is 2.83. The number of hydrogen-bond donors (Lipinski definition) is 0. The minimum absolute atomic E-state index is 0.0932. The van der Waals surface area contributed by atoms with Crippen molar-refractivity contribution in [2.45, 2.75) is 24.4 Å². The molecule has 0 atom stereocenters. The van der Waals surface area contributed by atoms with Crippen molar-refractivity contribution in [1.82, 2.24) is 18.9 Å². The van der Waals surface area contributed by atoms with E-state index in [9.17, 15) is 9.59 Å². The van der Waals surface area contributed by atoms with Crippen LogP contribution in [-0.2, 0) is 12.3 Å². The van der Waals surface area contributed by atoms with Crippen molar-refractivity contribution in [2.24, 2.45) is 0 Å². The van der Waals surface area contributed by atoms with E-state index in [0.717, 1.165) is 5.69 Å². The van der Waals surface area contributed by atoms with Gasteiger partial charge in [-0.3, -0.25) is 18.6 Å². The highest BCUT2D eigenvalue weighted by molar-refractivity contribution is 7.98. The minimum atomic E-state index is -0.0969. The molecule has 0 saturated heterocycles. The fraction of sp³-hybridized carbons (Fsp3) is 0.158. The van der Waals surface area contributed by atoms with E-state index in [4.69, 9.17) is 0 Å². The van der Waals surface area contributed by atoms with Gasteiger partial charge in [0.25, 0.3) is 11.1 Å². The van der Waals surface area contributed by atoms with Crippen LogP contribution in [0.4, 0.5) is 0 Å². The first-order chi connectivity index (χ1) is 13.1. The van der Waals surface area contributed by atoms with Gasteiger partial charge < -0.3 is 0 Å². The van der Waals surface area contributed by atoms with E-state index in [-0.39, 0.29) is 11.1 Å². The number of benzene rings is 1. The molecule has 3 heterocycles. The molecular weight excluding hydrogens is 380 g/mol. The second-order valence-electron chi connectivity index (χ2n) is 5.99. The largest absolute Gasteiger partial charge is 0.283 e. The molecule has 0 unspecified atom stereocenters. The van der Waals surface area contributed by atoms with Crippen LogP contribution in [0.5, 0.6) is 0 Å². The number of nitrogens with zero attached hydrogens (tertiary/aromatic N) is 4. The molecule has 0 bridgehead atoms. The van der Waals surface area contributed by atoms with Crippen molar-refractivity contribution < 1.29 is 0 Å². The fourth-order valence-electron chi connectivity index (χ4n) is 2.86. The first kappa shape index (κ1) is 17.7. The molecule has 0 spiro atoms. The number of aryl methyl sites for hydroxylation is 1. The van der Waals surface area contributed by atoms with E-state index in [1.54, 1.807) is 21.1 Å². The summed E-state index contributed by atoms with van der Waals surface area (Å²) in [6.07, 6.45) is 1.67. The lowest BCUT2D eigenvalue weighted by Crippen LogP contribution is -2.22. The molecule has 6 nitrogen and oxygen atoms in total. The zero-order valence-electron chi connectivity index (χ0n) is 14.6. The number of aromatic nitrogens is 4. The van der Waals surface area contributed by atoms with Crippen LogP contribution in [-0.4, -0.2) is 18.9 Å². The summed E-state index contributed by atoms with van der Waals surface area (Å²) in [6, 6.07) is 8.82. The van der Waals surface area contributed by atoms with Crippen molar-refractivity contribution in [1.29, 1.82) is 0 Å². The highest BCUT2D eigenvalue weighted by atomic mass is 32.2. The molecule has 0 aliphatic carbocycles. The summed E-state index contributed by atoms with van der Waals surface area (Å²) < 4.78 is 3.20. The predicted molar refractivity (Wildman–Crippen MR) is 110 cm³/mol. The Balaban J connectivity index is 1.73. The lowest BCUT2D eigenvalue weighted by molar-refractivity contribution is 0.671. The molecule has 136 valence electrons. The van der Waals surface area contributed by atoms with E-state index in [1.807, 2.05) is 30.5 Å². The van der Waals surface area contributed by atoms with Crippen molar-refractivity contribution in [2.75, 3.05) is 0 Å². The topological polar surface area (TPSA) is 69.3 Å². The van der Waals surface area contributed by atoms with Gasteiger partial charge in [-0.1, -0.05) is 30.0 Å². The number of thioether (sulfide) groups is 1.